The first kappa shape index (κ1) is 13.5. The number of hydrogen-bond donors (Lipinski definition) is 1. The van der Waals surface area contributed by atoms with Gasteiger partial charge in [0.1, 0.15) is 0 Å². The molecule has 3 nitrogen and oxygen atoms in total. The highest BCUT2D eigenvalue weighted by molar-refractivity contribution is 5.14. The molecule has 0 amide bonds. The molecular weight excluding hydrogens is 224 g/mol. The fraction of sp³-hybridized carbons (Fsp3) is 0.600. The van der Waals surface area contributed by atoms with Gasteiger partial charge in [0.25, 0.3) is 0 Å². The molecular formula is C15H24N2O. The van der Waals surface area contributed by atoms with Crippen LogP contribution in [0.15, 0.2) is 30.3 Å². The molecule has 2 rings (SSSR count). The van der Waals surface area contributed by atoms with Crippen molar-refractivity contribution < 1.29 is 4.74 Å². The maximum Gasteiger partial charge on any atom is 0.0678 e. The fourth-order valence-corrected chi connectivity index (χ4v) is 2.53. The highest BCUT2D eigenvalue weighted by Crippen LogP contribution is 2.09. The van der Waals surface area contributed by atoms with Crippen LogP contribution in [0, 0.1) is 0 Å². The maximum absolute atomic E-state index is 5.73. The summed E-state index contributed by atoms with van der Waals surface area (Å²) in [5, 5.41) is 3.50. The third kappa shape index (κ3) is 4.41. The van der Waals surface area contributed by atoms with Crippen LogP contribution in [0.1, 0.15) is 19.4 Å². The van der Waals surface area contributed by atoms with Gasteiger partial charge in [0.05, 0.1) is 12.2 Å². The number of morpholine rings is 1. The van der Waals surface area contributed by atoms with Gasteiger partial charge in [0.2, 0.25) is 0 Å². The van der Waals surface area contributed by atoms with Crippen LogP contribution in [0.5, 0.6) is 0 Å². The molecule has 1 aromatic carbocycles. The Labute approximate surface area is 110 Å². The molecule has 0 spiro atoms. The van der Waals surface area contributed by atoms with Crippen LogP contribution in [-0.2, 0) is 11.3 Å². The third-order valence-corrected chi connectivity index (χ3v) is 3.27. The van der Waals surface area contributed by atoms with Gasteiger partial charge in [-0.25, -0.2) is 0 Å². The molecule has 1 aliphatic rings. The Morgan fingerprint density at radius 2 is 1.83 bits per heavy atom. The molecule has 1 aliphatic heterocycles. The Morgan fingerprint density at radius 3 is 2.50 bits per heavy atom. The van der Waals surface area contributed by atoms with Gasteiger partial charge < -0.3 is 10.1 Å². The summed E-state index contributed by atoms with van der Waals surface area (Å²) in [6.07, 6.45) is 0.728. The number of nitrogens with zero attached hydrogens (tertiary/aromatic N) is 1. The summed E-state index contributed by atoms with van der Waals surface area (Å²) < 4.78 is 5.73. The van der Waals surface area contributed by atoms with Crippen LogP contribution >= 0.6 is 0 Å². The summed E-state index contributed by atoms with van der Waals surface area (Å²) in [6, 6.07) is 10.5. The molecule has 1 aromatic rings. The molecule has 0 bridgehead atoms. The Balaban J connectivity index is 1.63. The smallest absolute Gasteiger partial charge is 0.0678 e. The zero-order valence-electron chi connectivity index (χ0n) is 11.4. The van der Waals surface area contributed by atoms with Crippen LogP contribution in [0.2, 0.25) is 0 Å². The molecule has 100 valence electrons. The van der Waals surface area contributed by atoms with Crippen molar-refractivity contribution in [2.24, 2.45) is 0 Å². The summed E-state index contributed by atoms with van der Waals surface area (Å²) in [7, 11) is 0. The number of rotatable bonds is 5. The van der Waals surface area contributed by atoms with E-state index in [4.69, 9.17) is 4.74 Å². The van der Waals surface area contributed by atoms with Crippen molar-refractivity contribution in [1.82, 2.24) is 10.2 Å². The molecule has 1 N–H and O–H groups in total. The van der Waals surface area contributed by atoms with Crippen molar-refractivity contribution in [2.75, 3.05) is 26.2 Å². The van der Waals surface area contributed by atoms with Gasteiger partial charge in [0, 0.05) is 32.7 Å². The van der Waals surface area contributed by atoms with E-state index in [0.29, 0.717) is 12.2 Å². The van der Waals surface area contributed by atoms with Crippen LogP contribution < -0.4 is 5.32 Å². The predicted octanol–water partition coefficient (Wildman–Crippen LogP) is 1.89. The quantitative estimate of drug-likeness (QED) is 0.805. The standard InChI is InChI=1S/C15H24N2O/c1-13-11-17(12-14(2)18-13)9-8-16-10-15-6-4-3-5-7-15/h3-7,13-14,16H,8-12H2,1-2H3/t13-,14+. The molecule has 1 fully saturated rings. The minimum atomic E-state index is 0.364. The molecule has 3 heteroatoms. The van der Waals surface area contributed by atoms with E-state index in [2.05, 4.69) is 54.4 Å². The second kappa shape index (κ2) is 6.88. The summed E-state index contributed by atoms with van der Waals surface area (Å²) in [5.74, 6) is 0. The topological polar surface area (TPSA) is 24.5 Å². The van der Waals surface area contributed by atoms with Crippen molar-refractivity contribution in [3.05, 3.63) is 35.9 Å². The predicted molar refractivity (Wildman–Crippen MR) is 74.6 cm³/mol. The number of hydrogen-bond acceptors (Lipinski definition) is 3. The number of nitrogens with one attached hydrogen (secondary N) is 1. The van der Waals surface area contributed by atoms with Crippen molar-refractivity contribution >= 4 is 0 Å². The fourth-order valence-electron chi connectivity index (χ4n) is 2.53. The van der Waals surface area contributed by atoms with Crippen LogP contribution in [0.4, 0.5) is 0 Å². The van der Waals surface area contributed by atoms with E-state index in [1.54, 1.807) is 0 Å². The highest BCUT2D eigenvalue weighted by atomic mass is 16.5. The van der Waals surface area contributed by atoms with Crippen molar-refractivity contribution in [3.8, 4) is 0 Å². The monoisotopic (exact) mass is 248 g/mol. The van der Waals surface area contributed by atoms with Gasteiger partial charge in [0.15, 0.2) is 0 Å². The minimum Gasteiger partial charge on any atom is -0.373 e. The molecule has 0 aliphatic carbocycles. The first-order valence-electron chi connectivity index (χ1n) is 6.86. The van der Waals surface area contributed by atoms with Gasteiger partial charge in [-0.1, -0.05) is 30.3 Å². The summed E-state index contributed by atoms with van der Waals surface area (Å²) in [4.78, 5) is 2.48. The van der Waals surface area contributed by atoms with Gasteiger partial charge in [-0.3, -0.25) is 4.90 Å². The average molecular weight is 248 g/mol. The second-order valence-corrected chi connectivity index (χ2v) is 5.18. The van der Waals surface area contributed by atoms with Crippen molar-refractivity contribution in [2.45, 2.75) is 32.6 Å². The Hall–Kier alpha value is -0.900. The lowest BCUT2D eigenvalue weighted by molar-refractivity contribution is -0.0674. The lowest BCUT2D eigenvalue weighted by Crippen LogP contribution is -2.47. The van der Waals surface area contributed by atoms with Crippen LogP contribution in [0.25, 0.3) is 0 Å². The molecule has 1 heterocycles. The molecule has 2 atom stereocenters. The summed E-state index contributed by atoms with van der Waals surface area (Å²) in [6.45, 7) is 9.50. The van der Waals surface area contributed by atoms with Gasteiger partial charge in [-0.15, -0.1) is 0 Å². The van der Waals surface area contributed by atoms with E-state index in [1.807, 2.05) is 0 Å². The van der Waals surface area contributed by atoms with E-state index < -0.39 is 0 Å². The largest absolute Gasteiger partial charge is 0.373 e. The van der Waals surface area contributed by atoms with E-state index in [9.17, 15) is 0 Å². The Bertz CT molecular complexity index is 332. The average Bonchev–Trinajstić information content (AvgIpc) is 2.35. The van der Waals surface area contributed by atoms with Crippen LogP contribution in [0.3, 0.4) is 0 Å². The summed E-state index contributed by atoms with van der Waals surface area (Å²) >= 11 is 0. The Kier molecular flexibility index (Phi) is 5.17. The second-order valence-electron chi connectivity index (χ2n) is 5.18. The molecule has 0 aromatic heterocycles. The molecule has 0 saturated carbocycles. The van der Waals surface area contributed by atoms with Crippen LogP contribution in [-0.4, -0.2) is 43.3 Å². The van der Waals surface area contributed by atoms with Gasteiger partial charge in [-0.2, -0.15) is 0 Å². The maximum atomic E-state index is 5.73. The molecule has 1 saturated heterocycles. The third-order valence-electron chi connectivity index (χ3n) is 3.27. The van der Waals surface area contributed by atoms with E-state index >= 15 is 0 Å². The SMILES string of the molecule is C[C@@H]1CN(CCNCc2ccccc2)C[C@H](C)O1. The minimum absolute atomic E-state index is 0.364. The number of ether oxygens (including phenoxy) is 1. The summed E-state index contributed by atoms with van der Waals surface area (Å²) in [5.41, 5.74) is 1.35. The zero-order chi connectivity index (χ0) is 12.8. The highest BCUT2D eigenvalue weighted by Gasteiger charge is 2.21. The normalized spacial score (nSPS) is 25.2. The molecule has 0 unspecified atom stereocenters. The van der Waals surface area contributed by atoms with E-state index in [0.717, 1.165) is 32.7 Å². The van der Waals surface area contributed by atoms with E-state index in [1.165, 1.54) is 5.56 Å². The van der Waals surface area contributed by atoms with Crippen molar-refractivity contribution in [3.63, 3.8) is 0 Å². The lowest BCUT2D eigenvalue weighted by atomic mass is 10.2. The number of benzene rings is 1. The van der Waals surface area contributed by atoms with Gasteiger partial charge >= 0.3 is 0 Å². The molecule has 0 radical (unpaired) electrons. The molecule has 18 heavy (non-hydrogen) atoms. The lowest BCUT2D eigenvalue weighted by Gasteiger charge is -2.35. The Morgan fingerprint density at radius 1 is 1.17 bits per heavy atom. The van der Waals surface area contributed by atoms with E-state index in [-0.39, 0.29) is 0 Å². The first-order valence-corrected chi connectivity index (χ1v) is 6.86. The first-order chi connectivity index (χ1) is 8.74. The zero-order valence-corrected chi connectivity index (χ0v) is 11.4. The van der Waals surface area contributed by atoms with Gasteiger partial charge in [-0.05, 0) is 19.4 Å². The van der Waals surface area contributed by atoms with Crippen molar-refractivity contribution in [1.29, 1.82) is 0 Å².